The fourth-order valence-corrected chi connectivity index (χ4v) is 3.95. The molecule has 162 valence electrons. The number of nitrogens with zero attached hydrogens (tertiary/aromatic N) is 1. The summed E-state index contributed by atoms with van der Waals surface area (Å²) in [6.07, 6.45) is 2.63. The third kappa shape index (κ3) is 4.54. The zero-order valence-corrected chi connectivity index (χ0v) is 17.1. The molecule has 0 bridgehead atoms. The third-order valence-corrected chi connectivity index (χ3v) is 5.65. The number of benzene rings is 2. The number of carbonyl (C=O) groups is 3. The van der Waals surface area contributed by atoms with E-state index in [-0.39, 0.29) is 12.5 Å². The summed E-state index contributed by atoms with van der Waals surface area (Å²) in [7, 11) is 0. The van der Waals surface area contributed by atoms with Gasteiger partial charge in [0, 0.05) is 36.3 Å². The van der Waals surface area contributed by atoms with E-state index < -0.39 is 17.4 Å². The minimum atomic E-state index is -1.31. The number of fused-ring (bicyclic) bond motifs is 1. The van der Waals surface area contributed by atoms with Gasteiger partial charge >= 0.3 is 11.8 Å². The van der Waals surface area contributed by atoms with E-state index in [1.807, 2.05) is 6.07 Å². The molecule has 2 aromatic rings. The van der Waals surface area contributed by atoms with Crippen LogP contribution in [0.2, 0.25) is 0 Å². The van der Waals surface area contributed by atoms with Crippen molar-refractivity contribution in [2.75, 3.05) is 29.9 Å². The molecule has 0 aliphatic carbocycles. The third-order valence-electron chi connectivity index (χ3n) is 5.65. The lowest BCUT2D eigenvalue weighted by Gasteiger charge is -2.34. The van der Waals surface area contributed by atoms with E-state index in [1.54, 1.807) is 47.4 Å². The molecule has 2 aromatic carbocycles. The van der Waals surface area contributed by atoms with Crippen LogP contribution in [0.15, 0.2) is 48.5 Å². The van der Waals surface area contributed by atoms with Crippen LogP contribution in [0.1, 0.15) is 31.2 Å². The predicted octanol–water partition coefficient (Wildman–Crippen LogP) is 1.93. The standard InChI is InChI=1S/C23H25N3O5/c27-20-10-3-4-12-26(20)17-7-5-6-16(14-17)25-22(29)21(28)24-15-23(30)11-13-31-19-9-2-1-8-18(19)23/h1-2,5-9,14,30H,3-4,10-13,15H2,(H,24,28)(H,25,29). The summed E-state index contributed by atoms with van der Waals surface area (Å²) < 4.78 is 5.54. The Morgan fingerprint density at radius 3 is 2.77 bits per heavy atom. The van der Waals surface area contributed by atoms with Crippen molar-refractivity contribution in [1.29, 1.82) is 0 Å². The van der Waals surface area contributed by atoms with Crippen LogP contribution in [0.4, 0.5) is 11.4 Å². The van der Waals surface area contributed by atoms with Crippen LogP contribution in [-0.4, -0.2) is 42.5 Å². The summed E-state index contributed by atoms with van der Waals surface area (Å²) in [6, 6.07) is 14.0. The first-order valence-electron chi connectivity index (χ1n) is 10.4. The van der Waals surface area contributed by atoms with Gasteiger partial charge in [0.1, 0.15) is 11.4 Å². The first-order chi connectivity index (χ1) is 15.0. The number of para-hydroxylation sites is 1. The predicted molar refractivity (Wildman–Crippen MR) is 115 cm³/mol. The summed E-state index contributed by atoms with van der Waals surface area (Å²) in [4.78, 5) is 38.6. The summed E-state index contributed by atoms with van der Waals surface area (Å²) in [5, 5.41) is 16.1. The molecule has 3 amide bonds. The average molecular weight is 423 g/mol. The smallest absolute Gasteiger partial charge is 0.313 e. The molecule has 0 radical (unpaired) electrons. The summed E-state index contributed by atoms with van der Waals surface area (Å²) in [5.74, 6) is -1.07. The molecule has 0 spiro atoms. The first kappa shape index (κ1) is 20.9. The Labute approximate surface area is 180 Å². The summed E-state index contributed by atoms with van der Waals surface area (Å²) in [6.45, 7) is 0.847. The lowest BCUT2D eigenvalue weighted by molar-refractivity contribution is -0.137. The van der Waals surface area contributed by atoms with E-state index in [1.165, 1.54) is 0 Å². The number of hydrogen-bond donors (Lipinski definition) is 3. The van der Waals surface area contributed by atoms with Crippen LogP contribution in [0.3, 0.4) is 0 Å². The molecule has 2 aliphatic heterocycles. The van der Waals surface area contributed by atoms with E-state index in [0.29, 0.717) is 48.7 Å². The molecule has 3 N–H and O–H groups in total. The molecule has 31 heavy (non-hydrogen) atoms. The number of ether oxygens (including phenoxy) is 1. The van der Waals surface area contributed by atoms with Gasteiger partial charge in [0.15, 0.2) is 0 Å². The maximum Gasteiger partial charge on any atom is 0.313 e. The van der Waals surface area contributed by atoms with Crippen molar-refractivity contribution in [2.45, 2.75) is 31.3 Å². The van der Waals surface area contributed by atoms with Gasteiger partial charge < -0.3 is 25.4 Å². The number of aliphatic hydroxyl groups is 1. The molecule has 0 aromatic heterocycles. The fraction of sp³-hybridized carbons (Fsp3) is 0.348. The van der Waals surface area contributed by atoms with Gasteiger partial charge in [-0.1, -0.05) is 24.3 Å². The van der Waals surface area contributed by atoms with E-state index in [9.17, 15) is 19.5 Å². The second-order valence-corrected chi connectivity index (χ2v) is 7.82. The van der Waals surface area contributed by atoms with Crippen molar-refractivity contribution < 1.29 is 24.2 Å². The highest BCUT2D eigenvalue weighted by Gasteiger charge is 2.36. The van der Waals surface area contributed by atoms with Crippen molar-refractivity contribution in [3.05, 3.63) is 54.1 Å². The molecular weight excluding hydrogens is 398 g/mol. The average Bonchev–Trinajstić information content (AvgIpc) is 2.78. The number of anilines is 2. The summed E-state index contributed by atoms with van der Waals surface area (Å²) >= 11 is 0. The molecule has 2 aliphatic rings. The Hall–Kier alpha value is -3.39. The Morgan fingerprint density at radius 1 is 1.10 bits per heavy atom. The van der Waals surface area contributed by atoms with Gasteiger partial charge in [-0.05, 0) is 37.1 Å². The topological polar surface area (TPSA) is 108 Å². The van der Waals surface area contributed by atoms with Gasteiger partial charge in [-0.2, -0.15) is 0 Å². The largest absolute Gasteiger partial charge is 0.493 e. The molecule has 8 nitrogen and oxygen atoms in total. The van der Waals surface area contributed by atoms with Gasteiger partial charge in [0.25, 0.3) is 0 Å². The maximum absolute atomic E-state index is 12.4. The Kier molecular flexibility index (Phi) is 5.90. The zero-order valence-electron chi connectivity index (χ0n) is 17.1. The monoisotopic (exact) mass is 423 g/mol. The number of hydrogen-bond acceptors (Lipinski definition) is 5. The Balaban J connectivity index is 1.38. The van der Waals surface area contributed by atoms with Gasteiger partial charge in [0.2, 0.25) is 5.91 Å². The SMILES string of the molecule is O=C(NCC1(O)CCOc2ccccc21)C(=O)Nc1cccc(N2CCCCC2=O)c1. The molecule has 0 saturated carbocycles. The van der Waals surface area contributed by atoms with Crippen LogP contribution in [0, 0.1) is 0 Å². The van der Waals surface area contributed by atoms with Gasteiger partial charge in [-0.15, -0.1) is 0 Å². The highest BCUT2D eigenvalue weighted by Crippen LogP contribution is 2.36. The van der Waals surface area contributed by atoms with E-state index >= 15 is 0 Å². The summed E-state index contributed by atoms with van der Waals surface area (Å²) in [5.41, 5.74) is 0.391. The number of nitrogens with one attached hydrogen (secondary N) is 2. The normalized spacial score (nSPS) is 20.4. The minimum Gasteiger partial charge on any atom is -0.493 e. The number of piperidine rings is 1. The first-order valence-corrected chi connectivity index (χ1v) is 10.4. The zero-order chi connectivity index (χ0) is 21.8. The second-order valence-electron chi connectivity index (χ2n) is 7.82. The Morgan fingerprint density at radius 2 is 1.94 bits per heavy atom. The van der Waals surface area contributed by atoms with Crippen LogP contribution >= 0.6 is 0 Å². The maximum atomic E-state index is 12.4. The van der Waals surface area contributed by atoms with Crippen molar-refractivity contribution in [2.24, 2.45) is 0 Å². The lowest BCUT2D eigenvalue weighted by atomic mass is 9.88. The molecule has 1 fully saturated rings. The highest BCUT2D eigenvalue weighted by atomic mass is 16.5. The van der Waals surface area contributed by atoms with Gasteiger partial charge in [0.05, 0.1) is 13.2 Å². The lowest BCUT2D eigenvalue weighted by Crippen LogP contribution is -2.46. The fourth-order valence-electron chi connectivity index (χ4n) is 3.95. The number of amides is 3. The van der Waals surface area contributed by atoms with Crippen LogP contribution < -0.4 is 20.3 Å². The van der Waals surface area contributed by atoms with Crippen molar-refractivity contribution in [3.63, 3.8) is 0 Å². The Bertz CT molecular complexity index is 1010. The molecular formula is C23H25N3O5. The van der Waals surface area contributed by atoms with E-state index in [4.69, 9.17) is 4.74 Å². The van der Waals surface area contributed by atoms with Crippen LogP contribution in [0.5, 0.6) is 5.75 Å². The molecule has 1 atom stereocenters. The van der Waals surface area contributed by atoms with E-state index in [0.717, 1.165) is 12.8 Å². The van der Waals surface area contributed by atoms with Crippen molar-refractivity contribution in [3.8, 4) is 5.75 Å². The van der Waals surface area contributed by atoms with Crippen LogP contribution in [-0.2, 0) is 20.0 Å². The second kappa shape index (κ2) is 8.77. The molecule has 1 saturated heterocycles. The number of carbonyl (C=O) groups excluding carboxylic acids is 3. The van der Waals surface area contributed by atoms with Crippen molar-refractivity contribution in [1.82, 2.24) is 5.32 Å². The molecule has 2 heterocycles. The number of rotatable bonds is 4. The highest BCUT2D eigenvalue weighted by molar-refractivity contribution is 6.39. The molecule has 8 heteroatoms. The quantitative estimate of drug-likeness (QED) is 0.652. The van der Waals surface area contributed by atoms with Crippen molar-refractivity contribution >= 4 is 29.1 Å². The van der Waals surface area contributed by atoms with E-state index in [2.05, 4.69) is 10.6 Å². The van der Waals surface area contributed by atoms with Gasteiger partial charge in [-0.25, -0.2) is 0 Å². The molecule has 1 unspecified atom stereocenters. The van der Waals surface area contributed by atoms with Gasteiger partial charge in [-0.3, -0.25) is 14.4 Å². The van der Waals surface area contributed by atoms with Crippen LogP contribution in [0.25, 0.3) is 0 Å². The molecule has 4 rings (SSSR count). The minimum absolute atomic E-state index is 0.0532.